The van der Waals surface area contributed by atoms with Gasteiger partial charge in [-0.2, -0.15) is 0 Å². The number of urea groups is 1. The van der Waals surface area contributed by atoms with Gasteiger partial charge in [0.1, 0.15) is 23.9 Å². The van der Waals surface area contributed by atoms with Gasteiger partial charge in [-0.25, -0.2) is 14.0 Å². The zero-order chi connectivity index (χ0) is 33.6. The first kappa shape index (κ1) is 36.0. The Balaban J connectivity index is 1.83. The molecular formula is C33H41ClFN5O6. The Kier molecular flexibility index (Phi) is 14.0. The first-order valence-electron chi connectivity index (χ1n) is 15.2. The highest BCUT2D eigenvalue weighted by atomic mass is 35.5. The Morgan fingerprint density at radius 2 is 1.83 bits per heavy atom. The van der Waals surface area contributed by atoms with Gasteiger partial charge in [-0.3, -0.25) is 14.4 Å². The summed E-state index contributed by atoms with van der Waals surface area (Å²) < 4.78 is 19.2. The van der Waals surface area contributed by atoms with Gasteiger partial charge < -0.3 is 31.3 Å². The van der Waals surface area contributed by atoms with E-state index in [-0.39, 0.29) is 31.1 Å². The van der Waals surface area contributed by atoms with Gasteiger partial charge in [0.25, 0.3) is 0 Å². The highest BCUT2D eigenvalue weighted by Gasteiger charge is 2.30. The van der Waals surface area contributed by atoms with Gasteiger partial charge in [0.2, 0.25) is 17.7 Å². The summed E-state index contributed by atoms with van der Waals surface area (Å²) in [5.74, 6) is -2.90. The smallest absolute Gasteiger partial charge is 0.328 e. The minimum absolute atomic E-state index is 0.0312. The van der Waals surface area contributed by atoms with Gasteiger partial charge in [-0.1, -0.05) is 61.9 Å². The van der Waals surface area contributed by atoms with Crippen LogP contribution >= 0.6 is 11.6 Å². The Labute approximate surface area is 273 Å². The molecule has 0 saturated carbocycles. The fourth-order valence-corrected chi connectivity index (χ4v) is 5.13. The lowest BCUT2D eigenvalue weighted by Crippen LogP contribution is -2.58. The van der Waals surface area contributed by atoms with Gasteiger partial charge >= 0.3 is 12.0 Å². The number of methoxy groups -OCH3 is 1. The molecule has 1 aliphatic heterocycles. The number of rotatable bonds is 10. The normalized spacial score (nSPS) is 19.3. The molecule has 1 aliphatic rings. The number of nitrogens with one attached hydrogen (secondary N) is 5. The van der Waals surface area contributed by atoms with Crippen LogP contribution < -0.4 is 26.6 Å². The van der Waals surface area contributed by atoms with E-state index in [2.05, 4.69) is 26.6 Å². The molecular weight excluding hydrogens is 617 g/mol. The maximum atomic E-state index is 14.5. The fraction of sp³-hybridized carbons (Fsp3) is 0.424. The van der Waals surface area contributed by atoms with E-state index >= 15 is 0 Å². The molecule has 13 heteroatoms. The van der Waals surface area contributed by atoms with Crippen LogP contribution in [0.2, 0.25) is 5.02 Å². The number of hydrogen-bond acceptors (Lipinski definition) is 6. The molecule has 0 saturated heterocycles. The van der Waals surface area contributed by atoms with Crippen molar-refractivity contribution in [2.24, 2.45) is 5.92 Å². The van der Waals surface area contributed by atoms with E-state index in [0.717, 1.165) is 0 Å². The zero-order valence-corrected chi connectivity index (χ0v) is 26.9. The van der Waals surface area contributed by atoms with Crippen LogP contribution in [0.25, 0.3) is 0 Å². The van der Waals surface area contributed by atoms with Crippen molar-refractivity contribution in [1.29, 1.82) is 0 Å². The fourth-order valence-electron chi connectivity index (χ4n) is 4.91. The third-order valence-electron chi connectivity index (χ3n) is 7.42. The minimum atomic E-state index is -1.16. The summed E-state index contributed by atoms with van der Waals surface area (Å²) in [7, 11) is 1.21. The lowest BCUT2D eigenvalue weighted by atomic mass is 10.0. The third kappa shape index (κ3) is 11.5. The molecule has 1 heterocycles. The summed E-state index contributed by atoms with van der Waals surface area (Å²) >= 11 is 6.16. The van der Waals surface area contributed by atoms with E-state index in [1.165, 1.54) is 25.3 Å². The van der Waals surface area contributed by atoms with E-state index < -0.39 is 53.8 Å². The summed E-state index contributed by atoms with van der Waals surface area (Å²) in [6.07, 6.45) is 4.15. The van der Waals surface area contributed by atoms with Crippen LogP contribution in [0.4, 0.5) is 9.18 Å². The summed E-state index contributed by atoms with van der Waals surface area (Å²) in [5.41, 5.74) is 0.990. The third-order valence-corrected chi connectivity index (χ3v) is 7.65. The number of amides is 5. The van der Waals surface area contributed by atoms with E-state index in [0.29, 0.717) is 35.5 Å². The van der Waals surface area contributed by atoms with Crippen molar-refractivity contribution in [3.8, 4) is 0 Å². The number of hydrogen-bond donors (Lipinski definition) is 5. The van der Waals surface area contributed by atoms with Crippen molar-refractivity contribution in [3.05, 3.63) is 82.6 Å². The topological polar surface area (TPSA) is 155 Å². The molecule has 2 aromatic rings. The molecule has 0 bridgehead atoms. The number of halogens is 2. The largest absolute Gasteiger partial charge is 0.467 e. The summed E-state index contributed by atoms with van der Waals surface area (Å²) in [6, 6.07) is 8.24. The van der Waals surface area contributed by atoms with E-state index in [4.69, 9.17) is 16.3 Å². The molecule has 46 heavy (non-hydrogen) atoms. The Hall–Kier alpha value is -4.45. The zero-order valence-electron chi connectivity index (χ0n) is 26.1. The second kappa shape index (κ2) is 17.9. The second-order valence-corrected chi connectivity index (χ2v) is 11.8. The predicted molar refractivity (Wildman–Crippen MR) is 171 cm³/mol. The van der Waals surface area contributed by atoms with Crippen LogP contribution in [0.15, 0.2) is 60.7 Å². The van der Waals surface area contributed by atoms with Crippen LogP contribution in [0, 0.1) is 11.7 Å². The highest BCUT2D eigenvalue weighted by Crippen LogP contribution is 2.14. The first-order valence-corrected chi connectivity index (χ1v) is 15.5. The van der Waals surface area contributed by atoms with Gasteiger partial charge in [-0.15, -0.1) is 0 Å². The molecule has 0 radical (unpaired) electrons. The van der Waals surface area contributed by atoms with Crippen molar-refractivity contribution in [2.75, 3.05) is 13.7 Å². The molecule has 248 valence electrons. The van der Waals surface area contributed by atoms with Crippen LogP contribution in [0.1, 0.15) is 44.2 Å². The van der Waals surface area contributed by atoms with Gasteiger partial charge in [0, 0.05) is 24.1 Å². The Morgan fingerprint density at radius 3 is 2.52 bits per heavy atom. The first-order chi connectivity index (χ1) is 22.0. The number of benzene rings is 2. The van der Waals surface area contributed by atoms with Crippen molar-refractivity contribution in [3.63, 3.8) is 0 Å². The molecule has 2 aromatic carbocycles. The molecule has 11 nitrogen and oxygen atoms in total. The average molecular weight is 658 g/mol. The molecule has 3 unspecified atom stereocenters. The SMILES string of the molecule is COC(=O)C(NC(=O)NC(Cc1cccc(Cl)c1)C(=O)NC1CCCCNC(=O)/C=C/[C@H](Cc2ccccc2F)NC1=O)C(C)C. The molecule has 4 atom stereocenters. The van der Waals surface area contributed by atoms with Crippen LogP contribution in [0.5, 0.6) is 0 Å². The van der Waals surface area contributed by atoms with E-state index in [1.54, 1.807) is 56.3 Å². The van der Waals surface area contributed by atoms with Crippen molar-refractivity contribution in [1.82, 2.24) is 26.6 Å². The second-order valence-electron chi connectivity index (χ2n) is 11.4. The van der Waals surface area contributed by atoms with Crippen molar-refractivity contribution >= 4 is 41.3 Å². The summed E-state index contributed by atoms with van der Waals surface area (Å²) in [4.78, 5) is 64.8. The van der Waals surface area contributed by atoms with E-state index in [1.807, 2.05) is 0 Å². The minimum Gasteiger partial charge on any atom is -0.467 e. The van der Waals surface area contributed by atoms with E-state index in [9.17, 15) is 28.4 Å². The number of carbonyl (C=O) groups is 5. The molecule has 0 spiro atoms. The molecule has 0 fully saturated rings. The molecule has 3 rings (SSSR count). The standard InChI is InChI=1S/C33H41ClFN5O6/c1-20(2)29(32(44)46-3)40-33(45)39-27(18-21-9-8-11-23(34)17-21)31(43)38-26-13-6-7-16-36-28(41)15-14-24(37-30(26)42)19-22-10-4-5-12-25(22)35/h4-5,8-12,14-15,17,20,24,26-27,29H,6-7,13,16,18-19H2,1-3H3,(H,36,41)(H,37,42)(H,38,43)(H2,39,40,45)/b15-14+/t24-,26?,27?,29?/m1/s1. The maximum Gasteiger partial charge on any atom is 0.328 e. The number of ether oxygens (including phenoxy) is 1. The predicted octanol–water partition coefficient (Wildman–Crippen LogP) is 2.96. The quantitative estimate of drug-likeness (QED) is 0.248. The van der Waals surface area contributed by atoms with Crippen molar-refractivity contribution < 1.29 is 33.1 Å². The van der Waals surface area contributed by atoms with Gasteiger partial charge in [0.05, 0.1) is 13.2 Å². The number of carbonyl (C=O) groups excluding carboxylic acids is 5. The lowest BCUT2D eigenvalue weighted by molar-refractivity contribution is -0.144. The number of esters is 1. The van der Waals surface area contributed by atoms with Crippen LogP contribution in [-0.2, 0) is 36.8 Å². The maximum absolute atomic E-state index is 14.5. The molecule has 5 amide bonds. The highest BCUT2D eigenvalue weighted by molar-refractivity contribution is 6.30. The average Bonchev–Trinajstić information content (AvgIpc) is 3.01. The van der Waals surface area contributed by atoms with Crippen LogP contribution in [-0.4, -0.2) is 67.5 Å². The molecule has 0 aromatic heterocycles. The Bertz CT molecular complexity index is 1420. The molecule has 5 N–H and O–H groups in total. The van der Waals surface area contributed by atoms with Crippen LogP contribution in [0.3, 0.4) is 0 Å². The monoisotopic (exact) mass is 657 g/mol. The van der Waals surface area contributed by atoms with Gasteiger partial charge in [0.15, 0.2) is 0 Å². The van der Waals surface area contributed by atoms with Gasteiger partial charge in [-0.05, 0) is 60.9 Å². The summed E-state index contributed by atoms with van der Waals surface area (Å²) in [5, 5.41) is 14.0. The van der Waals surface area contributed by atoms with Crippen molar-refractivity contribution in [2.45, 2.75) is 70.1 Å². The lowest BCUT2D eigenvalue weighted by Gasteiger charge is -2.26. The molecule has 0 aliphatic carbocycles. The summed E-state index contributed by atoms with van der Waals surface area (Å²) in [6.45, 7) is 3.83. The Morgan fingerprint density at radius 1 is 1.07 bits per heavy atom.